The van der Waals surface area contributed by atoms with Gasteiger partial charge in [-0.15, -0.1) is 0 Å². The van der Waals surface area contributed by atoms with Gasteiger partial charge in [0.2, 0.25) is 5.76 Å². The third-order valence-corrected chi connectivity index (χ3v) is 5.12. The number of benzene rings is 2. The molecule has 1 atom stereocenters. The summed E-state index contributed by atoms with van der Waals surface area (Å²) in [6.07, 6.45) is 0.799. The molecule has 4 rings (SSSR count). The fourth-order valence-electron chi connectivity index (χ4n) is 3.81. The summed E-state index contributed by atoms with van der Waals surface area (Å²) < 4.78 is 19.5. The molecule has 0 saturated heterocycles. The summed E-state index contributed by atoms with van der Waals surface area (Å²) in [7, 11) is 4.11. The van der Waals surface area contributed by atoms with Crippen molar-refractivity contribution in [2.45, 2.75) is 12.5 Å². The van der Waals surface area contributed by atoms with Gasteiger partial charge in [-0.1, -0.05) is 30.3 Å². The van der Waals surface area contributed by atoms with Crippen LogP contribution in [0.3, 0.4) is 0 Å². The van der Waals surface area contributed by atoms with E-state index in [9.17, 15) is 14.0 Å². The van der Waals surface area contributed by atoms with Gasteiger partial charge in [0.15, 0.2) is 5.43 Å². The summed E-state index contributed by atoms with van der Waals surface area (Å²) in [6, 6.07) is 12.7. The fraction of sp³-hybridized carbons (Fsp3) is 0.273. The predicted molar refractivity (Wildman–Crippen MR) is 104 cm³/mol. The first-order valence-corrected chi connectivity index (χ1v) is 9.38. The zero-order valence-electron chi connectivity index (χ0n) is 15.9. The molecule has 0 unspecified atom stereocenters. The molecule has 0 saturated carbocycles. The van der Waals surface area contributed by atoms with E-state index in [1.807, 2.05) is 30.3 Å². The lowest BCUT2D eigenvalue weighted by Crippen LogP contribution is -3.05. The molecule has 0 spiro atoms. The van der Waals surface area contributed by atoms with Crippen LogP contribution in [-0.4, -0.2) is 38.0 Å². The Labute approximate surface area is 162 Å². The summed E-state index contributed by atoms with van der Waals surface area (Å²) in [6.45, 7) is 1.41. The Bertz CT molecular complexity index is 1090. The maximum absolute atomic E-state index is 13.7. The Kier molecular flexibility index (Phi) is 4.73. The van der Waals surface area contributed by atoms with Crippen LogP contribution in [0.15, 0.2) is 57.7 Å². The lowest BCUT2D eigenvalue weighted by atomic mass is 9.98. The van der Waals surface area contributed by atoms with Crippen molar-refractivity contribution in [3.05, 3.63) is 81.5 Å². The first kappa shape index (κ1) is 18.4. The molecule has 2 heterocycles. The molecule has 0 aliphatic carbocycles. The largest absolute Gasteiger partial charge is 0.450 e. The average molecular weight is 381 g/mol. The number of carbonyl (C=O) groups is 1. The van der Waals surface area contributed by atoms with Crippen LogP contribution < -0.4 is 10.3 Å². The van der Waals surface area contributed by atoms with Crippen LogP contribution in [0.1, 0.15) is 34.1 Å². The number of nitrogens with zero attached hydrogens (tertiary/aromatic N) is 1. The molecule has 1 aliphatic heterocycles. The predicted octanol–water partition coefficient (Wildman–Crippen LogP) is 2.01. The van der Waals surface area contributed by atoms with E-state index in [1.165, 1.54) is 23.1 Å². The van der Waals surface area contributed by atoms with Crippen molar-refractivity contribution < 1.29 is 18.5 Å². The van der Waals surface area contributed by atoms with Crippen LogP contribution >= 0.6 is 0 Å². The molecule has 28 heavy (non-hydrogen) atoms. The summed E-state index contributed by atoms with van der Waals surface area (Å²) in [5.74, 6) is -0.734. The van der Waals surface area contributed by atoms with Gasteiger partial charge < -0.3 is 14.2 Å². The van der Waals surface area contributed by atoms with Crippen molar-refractivity contribution in [1.29, 1.82) is 0 Å². The normalized spacial score (nSPS) is 16.2. The van der Waals surface area contributed by atoms with E-state index in [2.05, 4.69) is 14.1 Å². The molecule has 1 aromatic heterocycles. The molecule has 1 amide bonds. The topological polar surface area (TPSA) is 55.0 Å². The Morgan fingerprint density at radius 3 is 2.57 bits per heavy atom. The summed E-state index contributed by atoms with van der Waals surface area (Å²) in [5.41, 5.74) is 1.02. The second-order valence-corrected chi connectivity index (χ2v) is 7.44. The summed E-state index contributed by atoms with van der Waals surface area (Å²) in [4.78, 5) is 29.3. The standard InChI is InChI=1S/C22H21FN2O3/c1-24(2)11-6-12-25-19(14-7-4-3-5-8-14)18-20(26)16-13-15(23)9-10-17(16)28-21(18)22(25)27/h3-5,7-10,13,19H,6,11-12H2,1-2H3/p+1/t19-/m0/s1. The van der Waals surface area contributed by atoms with E-state index >= 15 is 0 Å². The number of rotatable bonds is 5. The monoisotopic (exact) mass is 381 g/mol. The van der Waals surface area contributed by atoms with Crippen LogP contribution in [-0.2, 0) is 0 Å². The van der Waals surface area contributed by atoms with Gasteiger partial charge in [0.1, 0.15) is 11.4 Å². The maximum Gasteiger partial charge on any atom is 0.290 e. The summed E-state index contributed by atoms with van der Waals surface area (Å²) >= 11 is 0. The van der Waals surface area contributed by atoms with Crippen molar-refractivity contribution >= 4 is 16.9 Å². The van der Waals surface area contributed by atoms with E-state index in [0.29, 0.717) is 12.1 Å². The van der Waals surface area contributed by atoms with E-state index in [-0.39, 0.29) is 28.1 Å². The van der Waals surface area contributed by atoms with E-state index in [0.717, 1.165) is 18.5 Å². The first-order valence-electron chi connectivity index (χ1n) is 9.38. The Hall–Kier alpha value is -2.99. The number of fused-ring (bicyclic) bond motifs is 2. The minimum atomic E-state index is -0.523. The molecule has 3 aromatic rings. The van der Waals surface area contributed by atoms with Crippen molar-refractivity contribution in [3.8, 4) is 0 Å². The summed E-state index contributed by atoms with van der Waals surface area (Å²) in [5, 5.41) is 0.159. The van der Waals surface area contributed by atoms with Crippen LogP contribution in [0, 0.1) is 5.82 Å². The first-order chi connectivity index (χ1) is 13.5. The van der Waals surface area contributed by atoms with Crippen LogP contribution in [0.4, 0.5) is 4.39 Å². The highest BCUT2D eigenvalue weighted by Gasteiger charge is 2.42. The number of halogens is 1. The second kappa shape index (κ2) is 7.20. The second-order valence-electron chi connectivity index (χ2n) is 7.44. The quantitative estimate of drug-likeness (QED) is 0.736. The van der Waals surface area contributed by atoms with E-state index < -0.39 is 11.9 Å². The van der Waals surface area contributed by atoms with Gasteiger partial charge in [-0.2, -0.15) is 0 Å². The van der Waals surface area contributed by atoms with Crippen LogP contribution in [0.5, 0.6) is 0 Å². The average Bonchev–Trinajstić information content (AvgIpc) is 2.95. The molecule has 2 aromatic carbocycles. The zero-order valence-corrected chi connectivity index (χ0v) is 15.9. The molecule has 1 aliphatic rings. The molecule has 0 bridgehead atoms. The number of carbonyl (C=O) groups excluding carboxylic acids is 1. The van der Waals surface area contributed by atoms with E-state index in [1.54, 1.807) is 4.90 Å². The van der Waals surface area contributed by atoms with Crippen molar-refractivity contribution in [1.82, 2.24) is 4.90 Å². The SMILES string of the molecule is C[NH+](C)CCCN1C(=O)c2oc3ccc(F)cc3c(=O)c2[C@@H]1c1ccccc1. The minimum absolute atomic E-state index is 0.0650. The number of quaternary nitrogens is 1. The van der Waals surface area contributed by atoms with Crippen molar-refractivity contribution in [2.24, 2.45) is 0 Å². The highest BCUT2D eigenvalue weighted by Crippen LogP contribution is 2.38. The van der Waals surface area contributed by atoms with Gasteiger partial charge in [0.25, 0.3) is 5.91 Å². The molecule has 1 N–H and O–H groups in total. The Balaban J connectivity index is 1.88. The van der Waals surface area contributed by atoms with Gasteiger partial charge in [-0.3, -0.25) is 9.59 Å². The molecular weight excluding hydrogens is 359 g/mol. The molecule has 144 valence electrons. The fourth-order valence-corrected chi connectivity index (χ4v) is 3.81. The third-order valence-electron chi connectivity index (χ3n) is 5.12. The number of hydrogen-bond donors (Lipinski definition) is 1. The third kappa shape index (κ3) is 3.10. The van der Waals surface area contributed by atoms with Crippen molar-refractivity contribution in [2.75, 3.05) is 27.2 Å². The van der Waals surface area contributed by atoms with Gasteiger partial charge in [0, 0.05) is 13.0 Å². The van der Waals surface area contributed by atoms with Gasteiger partial charge in [0.05, 0.1) is 37.6 Å². The number of amides is 1. The highest BCUT2D eigenvalue weighted by molar-refractivity contribution is 5.99. The molecule has 5 nitrogen and oxygen atoms in total. The van der Waals surface area contributed by atoms with Gasteiger partial charge in [-0.05, 0) is 23.8 Å². The Morgan fingerprint density at radius 1 is 1.11 bits per heavy atom. The zero-order chi connectivity index (χ0) is 19.8. The number of hydrogen-bond acceptors (Lipinski definition) is 3. The molecule has 0 fully saturated rings. The molecular formula is C22H22FN2O3+. The van der Waals surface area contributed by atoms with E-state index in [4.69, 9.17) is 4.42 Å². The highest BCUT2D eigenvalue weighted by atomic mass is 19.1. The Morgan fingerprint density at radius 2 is 1.86 bits per heavy atom. The van der Waals surface area contributed by atoms with Crippen LogP contribution in [0.25, 0.3) is 11.0 Å². The van der Waals surface area contributed by atoms with Gasteiger partial charge >= 0.3 is 0 Å². The minimum Gasteiger partial charge on any atom is -0.450 e. The number of nitrogens with one attached hydrogen (secondary N) is 1. The maximum atomic E-state index is 13.7. The lowest BCUT2D eigenvalue weighted by molar-refractivity contribution is -0.858. The van der Waals surface area contributed by atoms with Crippen molar-refractivity contribution in [3.63, 3.8) is 0 Å². The lowest BCUT2D eigenvalue weighted by Gasteiger charge is -2.25. The molecule has 6 heteroatoms. The van der Waals surface area contributed by atoms with Gasteiger partial charge in [-0.25, -0.2) is 4.39 Å². The van der Waals surface area contributed by atoms with Crippen LogP contribution in [0.2, 0.25) is 0 Å². The smallest absolute Gasteiger partial charge is 0.290 e. The molecule has 0 radical (unpaired) electrons.